The average molecular weight is 582 g/mol. The predicted molar refractivity (Wildman–Crippen MR) is 153 cm³/mol. The van der Waals surface area contributed by atoms with E-state index in [9.17, 15) is 9.90 Å². The standard InChI is InChI=1S/C28H32BrN5O4/c1-15-9-19(34-13-16(2)38-17(3)14-34)11-22-26(15)33-27(32-22)25-21(7-8-30-28(25)36)31-12-23(35)18-5-6-24(37-4)20(29)10-18/h5-11,16-17,23,35H,12-14H2,1-4H3,(H,32,33)(H2,30,31,36). The Labute approximate surface area is 229 Å². The van der Waals surface area contributed by atoms with Crippen LogP contribution in [0.25, 0.3) is 22.4 Å². The van der Waals surface area contributed by atoms with Crippen molar-refractivity contribution in [2.75, 3.05) is 37.0 Å². The van der Waals surface area contributed by atoms with Crippen LogP contribution in [-0.2, 0) is 4.74 Å². The molecule has 0 amide bonds. The molecule has 10 heteroatoms. The van der Waals surface area contributed by atoms with Crippen molar-refractivity contribution in [3.8, 4) is 17.1 Å². The van der Waals surface area contributed by atoms with Gasteiger partial charge in [0.15, 0.2) is 0 Å². The lowest BCUT2D eigenvalue weighted by atomic mass is 10.1. The summed E-state index contributed by atoms with van der Waals surface area (Å²) in [7, 11) is 1.59. The number of morpholine rings is 1. The Balaban J connectivity index is 1.43. The number of hydrogen-bond donors (Lipinski definition) is 4. The van der Waals surface area contributed by atoms with Gasteiger partial charge in [0.1, 0.15) is 17.1 Å². The van der Waals surface area contributed by atoms with Gasteiger partial charge in [-0.2, -0.15) is 0 Å². The lowest BCUT2D eigenvalue weighted by Gasteiger charge is -2.37. The van der Waals surface area contributed by atoms with Gasteiger partial charge in [0.25, 0.3) is 5.56 Å². The third-order valence-corrected chi connectivity index (χ3v) is 7.41. The number of ether oxygens (including phenoxy) is 2. The summed E-state index contributed by atoms with van der Waals surface area (Å²) in [5.74, 6) is 1.15. The van der Waals surface area contributed by atoms with Crippen LogP contribution in [-0.4, -0.2) is 59.0 Å². The number of aromatic nitrogens is 3. The zero-order valence-corrected chi connectivity index (χ0v) is 23.4. The Morgan fingerprint density at radius 1 is 1.24 bits per heavy atom. The summed E-state index contributed by atoms with van der Waals surface area (Å²) in [5, 5.41) is 14.0. The molecular weight excluding hydrogens is 550 g/mol. The number of imidazole rings is 1. The largest absolute Gasteiger partial charge is 0.496 e. The van der Waals surface area contributed by atoms with Gasteiger partial charge in [0.2, 0.25) is 0 Å². The fourth-order valence-corrected chi connectivity index (χ4v) is 5.59. The minimum atomic E-state index is -0.803. The molecule has 3 atom stereocenters. The fraction of sp³-hybridized carbons (Fsp3) is 0.357. The Morgan fingerprint density at radius 2 is 2.00 bits per heavy atom. The number of hydrogen-bond acceptors (Lipinski definition) is 7. The highest BCUT2D eigenvalue weighted by atomic mass is 79.9. The molecule has 2 aromatic heterocycles. The molecule has 5 rings (SSSR count). The number of H-pyrrole nitrogens is 2. The number of benzene rings is 2. The van der Waals surface area contributed by atoms with E-state index in [0.29, 0.717) is 22.8 Å². The van der Waals surface area contributed by atoms with Crippen LogP contribution in [0.2, 0.25) is 0 Å². The zero-order chi connectivity index (χ0) is 27.0. The maximum absolute atomic E-state index is 13.0. The zero-order valence-electron chi connectivity index (χ0n) is 21.8. The van der Waals surface area contributed by atoms with Gasteiger partial charge in [-0.1, -0.05) is 6.07 Å². The number of halogens is 1. The molecule has 0 aliphatic carbocycles. The lowest BCUT2D eigenvalue weighted by molar-refractivity contribution is -0.00521. The van der Waals surface area contributed by atoms with Crippen LogP contribution in [0.15, 0.2) is 51.9 Å². The number of aryl methyl sites for hydroxylation is 1. The summed E-state index contributed by atoms with van der Waals surface area (Å²) < 4.78 is 11.9. The monoisotopic (exact) mass is 581 g/mol. The molecule has 3 heterocycles. The third-order valence-electron chi connectivity index (χ3n) is 6.79. The number of aromatic amines is 2. The van der Waals surface area contributed by atoms with Crippen molar-refractivity contribution in [2.24, 2.45) is 0 Å². The van der Waals surface area contributed by atoms with E-state index < -0.39 is 6.10 Å². The number of anilines is 2. The van der Waals surface area contributed by atoms with Crippen molar-refractivity contribution < 1.29 is 14.6 Å². The summed E-state index contributed by atoms with van der Waals surface area (Å²) in [6, 6.07) is 11.4. The minimum absolute atomic E-state index is 0.151. The van der Waals surface area contributed by atoms with E-state index in [1.54, 1.807) is 25.4 Å². The molecule has 1 saturated heterocycles. The average Bonchev–Trinajstić information content (AvgIpc) is 3.31. The number of rotatable bonds is 7. The summed E-state index contributed by atoms with van der Waals surface area (Å²) in [6.45, 7) is 8.03. The van der Waals surface area contributed by atoms with Crippen LogP contribution >= 0.6 is 15.9 Å². The fourth-order valence-electron chi connectivity index (χ4n) is 5.04. The van der Waals surface area contributed by atoms with Crippen molar-refractivity contribution in [3.63, 3.8) is 0 Å². The Kier molecular flexibility index (Phi) is 7.47. The van der Waals surface area contributed by atoms with E-state index in [4.69, 9.17) is 14.5 Å². The van der Waals surface area contributed by atoms with Crippen LogP contribution in [0, 0.1) is 6.92 Å². The minimum Gasteiger partial charge on any atom is -0.496 e. The van der Waals surface area contributed by atoms with Gasteiger partial charge in [-0.25, -0.2) is 4.98 Å². The van der Waals surface area contributed by atoms with Crippen molar-refractivity contribution in [2.45, 2.75) is 39.1 Å². The van der Waals surface area contributed by atoms with E-state index in [0.717, 1.165) is 45.4 Å². The van der Waals surface area contributed by atoms with Crippen LogP contribution in [0.1, 0.15) is 31.1 Å². The second-order valence-electron chi connectivity index (χ2n) is 9.79. The van der Waals surface area contributed by atoms with Gasteiger partial charge in [-0.15, -0.1) is 0 Å². The van der Waals surface area contributed by atoms with Crippen molar-refractivity contribution >= 4 is 38.3 Å². The molecular formula is C28H32BrN5O4. The molecule has 1 aliphatic rings. The highest BCUT2D eigenvalue weighted by molar-refractivity contribution is 9.10. The van der Waals surface area contributed by atoms with E-state index in [1.165, 1.54) is 0 Å². The number of pyridine rings is 1. The SMILES string of the molecule is COc1ccc(C(O)CNc2cc[nH]c(=O)c2-c2nc3c(C)cc(N4CC(C)OC(C)C4)cc3[nH]2)cc1Br. The molecule has 38 heavy (non-hydrogen) atoms. The quantitative estimate of drug-likeness (QED) is 0.249. The molecule has 4 N–H and O–H groups in total. The number of aliphatic hydroxyl groups excluding tert-OH is 1. The summed E-state index contributed by atoms with van der Waals surface area (Å²) in [6.07, 6.45) is 1.08. The first-order valence-corrected chi connectivity index (χ1v) is 13.4. The Bertz CT molecular complexity index is 1510. The molecule has 1 fully saturated rings. The van der Waals surface area contributed by atoms with Gasteiger partial charge in [-0.3, -0.25) is 4.79 Å². The molecule has 0 saturated carbocycles. The van der Waals surface area contributed by atoms with E-state index in [-0.39, 0.29) is 24.3 Å². The first-order valence-electron chi connectivity index (χ1n) is 12.6. The highest BCUT2D eigenvalue weighted by Crippen LogP contribution is 2.31. The second-order valence-corrected chi connectivity index (χ2v) is 10.6. The van der Waals surface area contributed by atoms with Gasteiger partial charge < -0.3 is 34.8 Å². The Morgan fingerprint density at radius 3 is 2.71 bits per heavy atom. The number of methoxy groups -OCH3 is 1. The van der Waals surface area contributed by atoms with E-state index in [1.807, 2.05) is 19.1 Å². The van der Waals surface area contributed by atoms with E-state index >= 15 is 0 Å². The van der Waals surface area contributed by atoms with Gasteiger partial charge in [0, 0.05) is 31.5 Å². The first-order chi connectivity index (χ1) is 18.2. The van der Waals surface area contributed by atoms with Gasteiger partial charge >= 0.3 is 0 Å². The number of nitrogens with one attached hydrogen (secondary N) is 3. The summed E-state index contributed by atoms with van der Waals surface area (Å²) in [4.78, 5) is 26.2. The summed E-state index contributed by atoms with van der Waals surface area (Å²) >= 11 is 3.46. The maximum atomic E-state index is 13.0. The van der Waals surface area contributed by atoms with Gasteiger partial charge in [-0.05, 0) is 78.2 Å². The molecule has 0 bridgehead atoms. The smallest absolute Gasteiger partial charge is 0.261 e. The molecule has 9 nitrogen and oxygen atoms in total. The normalized spacial score (nSPS) is 18.5. The number of fused-ring (bicyclic) bond motifs is 1. The lowest BCUT2D eigenvalue weighted by Crippen LogP contribution is -2.45. The van der Waals surface area contributed by atoms with Crippen molar-refractivity contribution in [1.82, 2.24) is 15.0 Å². The van der Waals surface area contributed by atoms with Gasteiger partial charge in [0.05, 0.1) is 46.6 Å². The van der Waals surface area contributed by atoms with Crippen LogP contribution in [0.3, 0.4) is 0 Å². The molecule has 1 aliphatic heterocycles. The van der Waals surface area contributed by atoms with E-state index in [2.05, 4.69) is 62.1 Å². The third kappa shape index (κ3) is 5.29. The van der Waals surface area contributed by atoms with Crippen molar-refractivity contribution in [3.05, 3.63) is 68.5 Å². The number of nitrogens with zero attached hydrogens (tertiary/aromatic N) is 2. The molecule has 3 unspecified atom stereocenters. The molecule has 0 spiro atoms. The second kappa shape index (κ2) is 10.8. The Hall–Kier alpha value is -3.34. The molecule has 200 valence electrons. The van der Waals surface area contributed by atoms with Crippen LogP contribution < -0.4 is 20.5 Å². The predicted octanol–water partition coefficient (Wildman–Crippen LogP) is 4.76. The maximum Gasteiger partial charge on any atom is 0.261 e. The molecule has 2 aromatic carbocycles. The van der Waals surface area contributed by atoms with Crippen LogP contribution in [0.5, 0.6) is 5.75 Å². The molecule has 0 radical (unpaired) electrons. The topological polar surface area (TPSA) is 116 Å². The van der Waals surface area contributed by atoms with Crippen molar-refractivity contribution in [1.29, 1.82) is 0 Å². The van der Waals surface area contributed by atoms with Crippen LogP contribution in [0.4, 0.5) is 11.4 Å². The molecule has 4 aromatic rings. The number of aliphatic hydroxyl groups is 1. The highest BCUT2D eigenvalue weighted by Gasteiger charge is 2.24. The summed E-state index contributed by atoms with van der Waals surface area (Å²) in [5.41, 5.74) is 5.21. The first kappa shape index (κ1) is 26.3.